The first-order valence-corrected chi connectivity index (χ1v) is 13.5. The first-order chi connectivity index (χ1) is 16.5. The molecule has 1 aliphatic heterocycles. The quantitative estimate of drug-likeness (QED) is 0.353. The number of pyridine rings is 1. The molecule has 0 unspecified atom stereocenters. The van der Waals surface area contributed by atoms with Crippen molar-refractivity contribution in [1.82, 2.24) is 14.9 Å². The molecule has 2 atom stereocenters. The largest absolute Gasteiger partial charge is 0.497 e. The number of carboxylic acid groups (broad SMARTS) is 1. The highest BCUT2D eigenvalue weighted by Gasteiger charge is 2.30. The van der Waals surface area contributed by atoms with Gasteiger partial charge in [0, 0.05) is 42.2 Å². The molecule has 1 aromatic carbocycles. The van der Waals surface area contributed by atoms with Crippen LogP contribution in [-0.4, -0.2) is 58.4 Å². The van der Waals surface area contributed by atoms with Crippen molar-refractivity contribution in [2.45, 2.75) is 36.4 Å². The fraction of sp³-hybridized carbons (Fsp3) is 0.480. The van der Waals surface area contributed by atoms with Gasteiger partial charge in [-0.1, -0.05) is 11.8 Å². The number of nitrogens with zero attached hydrogens (tertiary/aromatic N) is 3. The number of aliphatic carboxylic acids is 1. The number of aromatic nitrogens is 2. The number of thiazole rings is 1. The summed E-state index contributed by atoms with van der Waals surface area (Å²) in [5.41, 5.74) is 1.42. The van der Waals surface area contributed by atoms with Gasteiger partial charge in [0.05, 0.1) is 18.8 Å². The van der Waals surface area contributed by atoms with Gasteiger partial charge in [-0.05, 0) is 67.8 Å². The average Bonchev–Trinajstić information content (AvgIpc) is 3.34. The Balaban J connectivity index is 1.34. The number of methoxy groups -OCH3 is 1. The van der Waals surface area contributed by atoms with Crippen LogP contribution in [0.4, 0.5) is 4.39 Å². The Bertz CT molecular complexity index is 1100. The van der Waals surface area contributed by atoms with Gasteiger partial charge in [0.1, 0.15) is 15.9 Å². The number of benzene rings is 1. The molecule has 0 saturated carbocycles. The Morgan fingerprint density at radius 1 is 1.35 bits per heavy atom. The number of aryl methyl sites for hydroxylation is 1. The third kappa shape index (κ3) is 6.46. The van der Waals surface area contributed by atoms with Gasteiger partial charge in [-0.15, -0.1) is 11.3 Å². The van der Waals surface area contributed by atoms with Gasteiger partial charge in [0.25, 0.3) is 0 Å². The molecule has 6 nitrogen and oxygen atoms in total. The van der Waals surface area contributed by atoms with Crippen LogP contribution >= 0.6 is 23.1 Å². The molecule has 4 rings (SSSR count). The summed E-state index contributed by atoms with van der Waals surface area (Å²) in [6, 6.07) is 5.52. The third-order valence-corrected chi connectivity index (χ3v) is 8.54. The molecule has 0 amide bonds. The van der Waals surface area contributed by atoms with Crippen LogP contribution < -0.4 is 4.74 Å². The molecule has 9 heteroatoms. The minimum Gasteiger partial charge on any atom is -0.497 e. The molecule has 1 aliphatic rings. The Hall–Kier alpha value is -2.23. The highest BCUT2D eigenvalue weighted by molar-refractivity contribution is 8.01. The lowest BCUT2D eigenvalue weighted by molar-refractivity contribution is -0.139. The average molecular weight is 504 g/mol. The van der Waals surface area contributed by atoms with E-state index in [2.05, 4.69) is 14.9 Å². The first kappa shape index (κ1) is 24.9. The third-order valence-electron chi connectivity index (χ3n) is 6.59. The van der Waals surface area contributed by atoms with Crippen LogP contribution in [0.25, 0.3) is 10.9 Å². The number of hydrogen-bond donors (Lipinski definition) is 1. The molecule has 2 aromatic heterocycles. The maximum Gasteiger partial charge on any atom is 0.303 e. The monoisotopic (exact) mass is 503 g/mol. The lowest BCUT2D eigenvalue weighted by atomic mass is 9.80. The molecule has 0 spiro atoms. The van der Waals surface area contributed by atoms with Crippen molar-refractivity contribution in [3.63, 3.8) is 0 Å². The number of thioether (sulfide) groups is 1. The van der Waals surface area contributed by atoms with E-state index in [4.69, 9.17) is 4.74 Å². The lowest BCUT2D eigenvalue weighted by Gasteiger charge is -2.38. The van der Waals surface area contributed by atoms with Crippen LogP contribution in [0.15, 0.2) is 40.3 Å². The summed E-state index contributed by atoms with van der Waals surface area (Å²) in [5, 5.41) is 12.2. The molecule has 0 aliphatic carbocycles. The van der Waals surface area contributed by atoms with Gasteiger partial charge < -0.3 is 14.7 Å². The maximum atomic E-state index is 14.6. The minimum atomic E-state index is -0.743. The molecular formula is C25H30FN3O3S2. The van der Waals surface area contributed by atoms with Crippen molar-refractivity contribution < 1.29 is 19.0 Å². The molecule has 182 valence electrons. The molecule has 3 heterocycles. The molecule has 3 aromatic rings. The predicted molar refractivity (Wildman–Crippen MR) is 134 cm³/mol. The number of carbonyl (C=O) groups is 1. The van der Waals surface area contributed by atoms with Gasteiger partial charge in [-0.3, -0.25) is 9.78 Å². The molecule has 34 heavy (non-hydrogen) atoms. The van der Waals surface area contributed by atoms with Crippen LogP contribution in [0, 0.1) is 17.7 Å². The van der Waals surface area contributed by atoms with Crippen molar-refractivity contribution in [3.05, 3.63) is 47.4 Å². The molecule has 0 radical (unpaired) electrons. The number of likely N-dealkylation sites (tertiary alicyclic amines) is 1. The van der Waals surface area contributed by atoms with E-state index >= 15 is 0 Å². The maximum absolute atomic E-state index is 14.6. The smallest absolute Gasteiger partial charge is 0.303 e. The standard InChI is InChI=1S/C25H30FN3O3S2/c1-32-19-5-6-23-21(14-19)20(22(26)15-28-23)4-2-3-17-7-9-29(16-18(17)13-24(30)31)10-12-34-25-27-8-11-33-25/h5-6,8,11,14-15,17-18H,2-4,7,9-10,12-13,16H2,1H3,(H,30,31)/t17-,18-/m1/s1. The Morgan fingerprint density at radius 3 is 3.00 bits per heavy atom. The second-order valence-electron chi connectivity index (χ2n) is 8.71. The summed E-state index contributed by atoms with van der Waals surface area (Å²) in [7, 11) is 1.60. The predicted octanol–water partition coefficient (Wildman–Crippen LogP) is 5.37. The van der Waals surface area contributed by atoms with E-state index in [1.807, 2.05) is 29.8 Å². The van der Waals surface area contributed by atoms with Crippen molar-refractivity contribution in [2.75, 3.05) is 32.5 Å². The number of rotatable bonds is 11. The van der Waals surface area contributed by atoms with Gasteiger partial charge in [0.2, 0.25) is 0 Å². The van der Waals surface area contributed by atoms with E-state index in [0.29, 0.717) is 23.7 Å². The first-order valence-electron chi connectivity index (χ1n) is 11.6. The second kappa shape index (κ2) is 12.0. The fourth-order valence-corrected chi connectivity index (χ4v) is 6.57. The van der Waals surface area contributed by atoms with E-state index in [1.54, 1.807) is 30.2 Å². The number of hydrogen-bond acceptors (Lipinski definition) is 7. The molecule has 1 fully saturated rings. The van der Waals surface area contributed by atoms with E-state index in [1.165, 1.54) is 6.20 Å². The zero-order valence-electron chi connectivity index (χ0n) is 19.3. The zero-order chi connectivity index (χ0) is 23.9. The van der Waals surface area contributed by atoms with E-state index < -0.39 is 5.97 Å². The molecule has 1 N–H and O–H groups in total. The topological polar surface area (TPSA) is 75.5 Å². The lowest BCUT2D eigenvalue weighted by Crippen LogP contribution is -2.42. The van der Waals surface area contributed by atoms with Gasteiger partial charge >= 0.3 is 5.97 Å². The minimum absolute atomic E-state index is 0.121. The molecule has 1 saturated heterocycles. The van der Waals surface area contributed by atoms with Crippen LogP contribution in [0.5, 0.6) is 5.75 Å². The van der Waals surface area contributed by atoms with Gasteiger partial charge in [-0.25, -0.2) is 9.37 Å². The van der Waals surface area contributed by atoms with E-state index in [-0.39, 0.29) is 18.2 Å². The van der Waals surface area contributed by atoms with Crippen LogP contribution in [-0.2, 0) is 11.2 Å². The number of ether oxygens (including phenoxy) is 1. The molecule has 0 bridgehead atoms. The zero-order valence-corrected chi connectivity index (χ0v) is 20.9. The summed E-state index contributed by atoms with van der Waals surface area (Å²) in [6.45, 7) is 2.71. The molecular weight excluding hydrogens is 473 g/mol. The van der Waals surface area contributed by atoms with Crippen molar-refractivity contribution in [3.8, 4) is 5.75 Å². The SMILES string of the molecule is COc1ccc2ncc(F)c(CCC[C@@H]3CCN(CCSc4nccs4)C[C@H]3CC(=O)O)c2c1. The number of halogens is 1. The second-order valence-corrected chi connectivity index (χ2v) is 11.0. The summed E-state index contributed by atoms with van der Waals surface area (Å²) < 4.78 is 21.0. The van der Waals surface area contributed by atoms with E-state index in [9.17, 15) is 14.3 Å². The van der Waals surface area contributed by atoms with Gasteiger partial charge in [-0.2, -0.15) is 0 Å². The fourth-order valence-electron chi connectivity index (χ4n) is 4.86. The van der Waals surface area contributed by atoms with Crippen LogP contribution in [0.3, 0.4) is 0 Å². The Labute approximate surface area is 207 Å². The highest BCUT2D eigenvalue weighted by atomic mass is 32.2. The van der Waals surface area contributed by atoms with Crippen molar-refractivity contribution >= 4 is 40.0 Å². The van der Waals surface area contributed by atoms with Gasteiger partial charge in [0.15, 0.2) is 0 Å². The Kier molecular flexibility index (Phi) is 8.74. The number of carboxylic acids is 1. The van der Waals surface area contributed by atoms with E-state index in [0.717, 1.165) is 59.9 Å². The summed E-state index contributed by atoms with van der Waals surface area (Å²) in [6.07, 6.45) is 6.58. The van der Waals surface area contributed by atoms with Crippen molar-refractivity contribution in [2.24, 2.45) is 11.8 Å². The normalized spacial score (nSPS) is 18.9. The van der Waals surface area contributed by atoms with Crippen molar-refractivity contribution in [1.29, 1.82) is 0 Å². The Morgan fingerprint density at radius 2 is 2.24 bits per heavy atom. The summed E-state index contributed by atoms with van der Waals surface area (Å²) in [5.74, 6) is 1.06. The summed E-state index contributed by atoms with van der Waals surface area (Å²) in [4.78, 5) is 22.4. The number of fused-ring (bicyclic) bond motifs is 1. The summed E-state index contributed by atoms with van der Waals surface area (Å²) >= 11 is 3.40. The number of piperidine rings is 1. The van der Waals surface area contributed by atoms with Crippen LogP contribution in [0.2, 0.25) is 0 Å². The van der Waals surface area contributed by atoms with Crippen LogP contribution in [0.1, 0.15) is 31.2 Å². The highest BCUT2D eigenvalue weighted by Crippen LogP contribution is 2.32.